The lowest BCUT2D eigenvalue weighted by atomic mass is 10.3. The number of anilines is 1. The first-order chi connectivity index (χ1) is 14.1. The smallest absolute Gasteiger partial charge is 0.271 e. The number of thioether (sulfide) groups is 1. The van der Waals surface area contributed by atoms with Crippen LogP contribution in [-0.2, 0) is 13.1 Å². The van der Waals surface area contributed by atoms with Crippen LogP contribution in [0.5, 0.6) is 0 Å². The van der Waals surface area contributed by atoms with Gasteiger partial charge in [-0.2, -0.15) is 4.57 Å². The lowest BCUT2D eigenvalue weighted by Gasteiger charge is -2.11. The molecule has 6 heteroatoms. The van der Waals surface area contributed by atoms with E-state index in [9.17, 15) is 4.79 Å². The third-order valence-electron chi connectivity index (χ3n) is 5.16. The predicted octanol–water partition coefficient (Wildman–Crippen LogP) is 3.15. The minimum absolute atomic E-state index is 0.0990. The molecule has 2 aromatic heterocycles. The molecule has 0 saturated heterocycles. The molecule has 29 heavy (non-hydrogen) atoms. The van der Waals surface area contributed by atoms with E-state index in [-0.39, 0.29) is 5.56 Å². The zero-order valence-corrected chi connectivity index (χ0v) is 18.7. The van der Waals surface area contributed by atoms with Crippen molar-refractivity contribution < 1.29 is 4.57 Å². The van der Waals surface area contributed by atoms with E-state index in [2.05, 4.69) is 59.0 Å². The molecule has 1 aliphatic rings. The van der Waals surface area contributed by atoms with Gasteiger partial charge in [0.05, 0.1) is 5.69 Å². The molecule has 0 fully saturated rings. The van der Waals surface area contributed by atoms with Crippen LogP contribution in [0.1, 0.15) is 32.4 Å². The van der Waals surface area contributed by atoms with Crippen LogP contribution in [0.2, 0.25) is 0 Å². The lowest BCUT2D eigenvalue weighted by Crippen LogP contribution is -2.37. The van der Waals surface area contributed by atoms with Crippen molar-refractivity contribution in [2.75, 3.05) is 11.9 Å². The monoisotopic (exact) mass is 424 g/mol. The van der Waals surface area contributed by atoms with Crippen LogP contribution in [0.25, 0.3) is 11.1 Å². The summed E-state index contributed by atoms with van der Waals surface area (Å²) in [5, 5.41) is 1.02. The summed E-state index contributed by atoms with van der Waals surface area (Å²) in [6.45, 7) is 5.90. The highest BCUT2D eigenvalue weighted by Crippen LogP contribution is 2.44. The first-order valence-electron chi connectivity index (χ1n) is 10.1. The number of aryl methyl sites for hydroxylation is 1. The number of aromatic nitrogens is 2. The van der Waals surface area contributed by atoms with Gasteiger partial charge < -0.3 is 4.90 Å². The van der Waals surface area contributed by atoms with Crippen molar-refractivity contribution in [2.24, 2.45) is 0 Å². The molecule has 0 aliphatic carbocycles. The molecule has 0 amide bonds. The third-order valence-corrected chi connectivity index (χ3v) is 7.65. The highest BCUT2D eigenvalue weighted by atomic mass is 32.2. The largest absolute Gasteiger partial charge is 0.337 e. The summed E-state index contributed by atoms with van der Waals surface area (Å²) >= 11 is 3.28. The Morgan fingerprint density at radius 2 is 1.90 bits per heavy atom. The van der Waals surface area contributed by atoms with Gasteiger partial charge in [-0.3, -0.25) is 9.36 Å². The third kappa shape index (κ3) is 3.79. The average molecular weight is 425 g/mol. The van der Waals surface area contributed by atoms with Crippen LogP contribution in [0.15, 0.2) is 58.4 Å². The van der Waals surface area contributed by atoms with E-state index in [0.717, 1.165) is 45.0 Å². The molecule has 0 bridgehead atoms. The Morgan fingerprint density at radius 1 is 1.10 bits per heavy atom. The van der Waals surface area contributed by atoms with Crippen molar-refractivity contribution in [3.63, 3.8) is 0 Å². The fraction of sp³-hybridized carbons (Fsp3) is 0.304. The van der Waals surface area contributed by atoms with Gasteiger partial charge in [-0.25, -0.2) is 0 Å². The summed E-state index contributed by atoms with van der Waals surface area (Å²) in [5.74, 6) is 0. The van der Waals surface area contributed by atoms with E-state index in [1.807, 2.05) is 30.7 Å². The number of benzene rings is 1. The van der Waals surface area contributed by atoms with E-state index >= 15 is 0 Å². The van der Waals surface area contributed by atoms with Gasteiger partial charge in [-0.05, 0) is 25.1 Å². The number of pyridine rings is 1. The van der Waals surface area contributed by atoms with Crippen molar-refractivity contribution >= 4 is 39.9 Å². The van der Waals surface area contributed by atoms with E-state index < -0.39 is 0 Å². The van der Waals surface area contributed by atoms with Crippen LogP contribution >= 0.6 is 23.1 Å². The molecule has 1 aliphatic heterocycles. The van der Waals surface area contributed by atoms with Crippen molar-refractivity contribution in [3.05, 3.63) is 73.9 Å². The summed E-state index contributed by atoms with van der Waals surface area (Å²) in [4.78, 5) is 16.6. The van der Waals surface area contributed by atoms with Crippen LogP contribution in [0.3, 0.4) is 0 Å². The Balaban J connectivity index is 1.87. The molecule has 1 aromatic carbocycles. The van der Waals surface area contributed by atoms with Gasteiger partial charge in [-0.1, -0.05) is 37.2 Å². The predicted molar refractivity (Wildman–Crippen MR) is 123 cm³/mol. The number of para-hydroxylation sites is 1. The fourth-order valence-electron chi connectivity index (χ4n) is 3.55. The summed E-state index contributed by atoms with van der Waals surface area (Å²) in [7, 11) is 2.04. The molecule has 0 spiro atoms. The van der Waals surface area contributed by atoms with E-state index in [1.54, 1.807) is 23.1 Å². The number of thiazole rings is 1. The molecule has 4 rings (SSSR count). The normalized spacial score (nSPS) is 15.8. The summed E-state index contributed by atoms with van der Waals surface area (Å²) in [6.07, 6.45) is 6.58. The molecule has 150 valence electrons. The number of hydrogen-bond acceptors (Lipinski definition) is 4. The van der Waals surface area contributed by atoms with Gasteiger partial charge in [0.2, 0.25) is 5.69 Å². The van der Waals surface area contributed by atoms with Gasteiger partial charge in [0, 0.05) is 43.1 Å². The molecule has 0 radical (unpaired) electrons. The highest BCUT2D eigenvalue weighted by molar-refractivity contribution is 8.08. The Hall–Kier alpha value is -2.31. The number of unbranched alkanes of at least 4 members (excludes halogenated alkanes) is 1. The zero-order valence-electron chi connectivity index (χ0n) is 17.1. The van der Waals surface area contributed by atoms with Crippen molar-refractivity contribution in [1.29, 1.82) is 0 Å². The minimum Gasteiger partial charge on any atom is -0.337 e. The van der Waals surface area contributed by atoms with Crippen molar-refractivity contribution in [2.45, 2.75) is 44.7 Å². The van der Waals surface area contributed by atoms with E-state index in [0.29, 0.717) is 6.54 Å². The second-order valence-electron chi connectivity index (χ2n) is 7.07. The molecular weight excluding hydrogens is 398 g/mol. The number of rotatable bonds is 5. The first-order valence-corrected chi connectivity index (χ1v) is 11.7. The Bertz CT molecular complexity index is 1210. The molecule has 0 unspecified atom stereocenters. The maximum atomic E-state index is 13.2. The summed E-state index contributed by atoms with van der Waals surface area (Å²) in [5.41, 5.74) is 2.40. The number of fused-ring (bicyclic) bond motifs is 1. The van der Waals surface area contributed by atoms with Gasteiger partial charge >= 0.3 is 0 Å². The topological polar surface area (TPSA) is 29.1 Å². The maximum absolute atomic E-state index is 13.2. The van der Waals surface area contributed by atoms with Gasteiger partial charge in [-0.15, -0.1) is 11.3 Å². The van der Waals surface area contributed by atoms with Gasteiger partial charge in [0.25, 0.3) is 5.56 Å². The van der Waals surface area contributed by atoms with Crippen LogP contribution in [0, 0.1) is 0 Å². The van der Waals surface area contributed by atoms with E-state index in [4.69, 9.17) is 0 Å². The Kier molecular flexibility index (Phi) is 5.92. The molecule has 0 N–H and O–H groups in total. The second kappa shape index (κ2) is 8.59. The van der Waals surface area contributed by atoms with Crippen molar-refractivity contribution in [3.8, 4) is 0 Å². The molecule has 4 nitrogen and oxygen atoms in total. The number of nitrogens with zero attached hydrogens (tertiary/aromatic N) is 3. The molecule has 3 aromatic rings. The number of hydrogen-bond donors (Lipinski definition) is 0. The SMILES string of the molecule is CCCC[n+]1ccccc1C=c1sc(=C2Sc3ccccc3N2C)c(=O)n1CC. The van der Waals surface area contributed by atoms with Crippen molar-refractivity contribution in [1.82, 2.24) is 4.57 Å². The zero-order chi connectivity index (χ0) is 20.4. The van der Waals surface area contributed by atoms with Crippen LogP contribution < -0.4 is 24.2 Å². The first kappa shape index (κ1) is 20.0. The Morgan fingerprint density at radius 3 is 2.66 bits per heavy atom. The molecule has 3 heterocycles. The maximum Gasteiger partial charge on any atom is 0.271 e. The Labute approximate surface area is 179 Å². The molecular formula is C23H26N3OS2+. The standard InChI is InChI=1S/C23H26N3OS2/c1-4-6-14-25-15-10-9-11-17(25)16-20-26(5-2)22(27)21(29-20)23-24(3)18-12-7-8-13-19(18)28-23/h7-13,15-16H,4-6,14H2,1-3H3/q+1. The molecule has 0 atom stereocenters. The lowest BCUT2D eigenvalue weighted by molar-refractivity contribution is -0.699. The van der Waals surface area contributed by atoms with Gasteiger partial charge in [0.1, 0.15) is 20.8 Å². The minimum atomic E-state index is 0.0990. The van der Waals surface area contributed by atoms with Gasteiger partial charge in [0.15, 0.2) is 6.20 Å². The fourth-order valence-corrected chi connectivity index (χ4v) is 6.01. The summed E-state index contributed by atoms with van der Waals surface area (Å²) in [6, 6.07) is 14.6. The quantitative estimate of drug-likeness (QED) is 0.589. The van der Waals surface area contributed by atoms with Crippen LogP contribution in [0.4, 0.5) is 5.69 Å². The van der Waals surface area contributed by atoms with Crippen LogP contribution in [-0.4, -0.2) is 11.6 Å². The molecule has 0 saturated carbocycles. The summed E-state index contributed by atoms with van der Waals surface area (Å²) < 4.78 is 5.98. The average Bonchev–Trinajstić information content (AvgIpc) is 3.23. The van der Waals surface area contributed by atoms with E-state index in [1.165, 1.54) is 4.90 Å². The second-order valence-corrected chi connectivity index (χ2v) is 9.13. The highest BCUT2D eigenvalue weighted by Gasteiger charge is 2.24.